The Morgan fingerprint density at radius 2 is 2.06 bits per heavy atom. The van der Waals surface area contributed by atoms with Crippen molar-refractivity contribution in [1.82, 2.24) is 0 Å². The number of ether oxygens (including phenoxy) is 2. The normalized spacial score (nSPS) is 11.8. The first kappa shape index (κ1) is 13.9. The molecule has 1 rings (SSSR count). The van der Waals surface area contributed by atoms with Gasteiger partial charge in [-0.25, -0.2) is 0 Å². The molecule has 1 aromatic rings. The number of allylic oxidation sites excluding steroid dienone is 1. The number of hydrogen-bond acceptors (Lipinski definition) is 2. The first-order valence-corrected chi connectivity index (χ1v) is 5.51. The van der Waals surface area contributed by atoms with Gasteiger partial charge in [-0.05, 0) is 41.1 Å². The van der Waals surface area contributed by atoms with Crippen molar-refractivity contribution in [3.8, 4) is 11.5 Å². The summed E-state index contributed by atoms with van der Waals surface area (Å²) in [7, 11) is 0. The van der Waals surface area contributed by atoms with Crippen molar-refractivity contribution >= 4 is 15.9 Å². The highest BCUT2D eigenvalue weighted by Gasteiger charge is 2.31. The molecule has 1 aromatic carbocycles. The van der Waals surface area contributed by atoms with Crippen molar-refractivity contribution in [2.75, 3.05) is 6.61 Å². The van der Waals surface area contributed by atoms with Crippen molar-refractivity contribution in [1.29, 1.82) is 0 Å². The molecule has 0 unspecified atom stereocenters. The van der Waals surface area contributed by atoms with Crippen LogP contribution in [0.2, 0.25) is 0 Å². The molecule has 0 aliphatic carbocycles. The van der Waals surface area contributed by atoms with Gasteiger partial charge >= 0.3 is 6.36 Å². The molecular weight excluding hydrogens is 301 g/mol. The van der Waals surface area contributed by atoms with E-state index in [9.17, 15) is 13.2 Å². The lowest BCUT2D eigenvalue weighted by molar-refractivity contribution is -0.274. The van der Waals surface area contributed by atoms with Crippen LogP contribution in [0.4, 0.5) is 13.2 Å². The molecule has 0 heterocycles. The van der Waals surface area contributed by atoms with Gasteiger partial charge in [0.2, 0.25) is 0 Å². The fourth-order valence-corrected chi connectivity index (χ4v) is 1.46. The van der Waals surface area contributed by atoms with E-state index in [1.165, 1.54) is 18.2 Å². The second-order valence-corrected chi connectivity index (χ2v) is 3.87. The minimum atomic E-state index is -4.70. The minimum Gasteiger partial charge on any atom is -0.490 e. The smallest absolute Gasteiger partial charge is 0.490 e. The molecule has 0 atom stereocenters. The summed E-state index contributed by atoms with van der Waals surface area (Å²) in [5.74, 6) is 0.167. The highest BCUT2D eigenvalue weighted by molar-refractivity contribution is 9.10. The molecule has 0 radical (unpaired) electrons. The summed E-state index contributed by atoms with van der Waals surface area (Å²) in [4.78, 5) is 0. The predicted molar refractivity (Wildman–Crippen MR) is 61.1 cm³/mol. The van der Waals surface area contributed by atoms with E-state index in [1.54, 1.807) is 6.08 Å². The van der Waals surface area contributed by atoms with Crippen LogP contribution in [0.1, 0.15) is 6.92 Å². The number of alkyl halides is 3. The first-order valence-electron chi connectivity index (χ1n) is 4.71. The Morgan fingerprint density at radius 1 is 1.35 bits per heavy atom. The van der Waals surface area contributed by atoms with Crippen LogP contribution >= 0.6 is 15.9 Å². The predicted octanol–water partition coefficient (Wildman–Crippen LogP) is 4.30. The summed E-state index contributed by atoms with van der Waals surface area (Å²) in [5, 5.41) is 0. The van der Waals surface area contributed by atoms with E-state index in [0.717, 1.165) is 0 Å². The van der Waals surface area contributed by atoms with Gasteiger partial charge in [-0.1, -0.05) is 12.2 Å². The Morgan fingerprint density at radius 3 is 2.59 bits per heavy atom. The van der Waals surface area contributed by atoms with Gasteiger partial charge in [0, 0.05) is 0 Å². The quantitative estimate of drug-likeness (QED) is 0.772. The lowest BCUT2D eigenvalue weighted by atomic mass is 10.3. The van der Waals surface area contributed by atoms with Crippen LogP contribution in [0.5, 0.6) is 11.5 Å². The van der Waals surface area contributed by atoms with E-state index in [-0.39, 0.29) is 10.2 Å². The molecule has 0 amide bonds. The Bertz CT molecular complexity index is 402. The van der Waals surface area contributed by atoms with Crippen molar-refractivity contribution in [2.45, 2.75) is 13.3 Å². The molecule has 0 saturated carbocycles. The van der Waals surface area contributed by atoms with Crippen molar-refractivity contribution in [2.24, 2.45) is 0 Å². The largest absolute Gasteiger partial charge is 0.573 e. The average Bonchev–Trinajstić information content (AvgIpc) is 2.21. The third kappa shape index (κ3) is 5.12. The third-order valence-corrected chi connectivity index (χ3v) is 2.33. The monoisotopic (exact) mass is 310 g/mol. The molecule has 6 heteroatoms. The lowest BCUT2D eigenvalue weighted by Gasteiger charge is -2.11. The number of hydrogen-bond donors (Lipinski definition) is 0. The standard InChI is InChI=1S/C11H10BrF3O2/c1-2-3-6-16-8-4-5-10(9(12)7-8)17-11(13,14)15/h2-5,7H,6H2,1H3/b3-2+. The Hall–Kier alpha value is -1.17. The summed E-state index contributed by atoms with van der Waals surface area (Å²) in [6.07, 6.45) is -1.10. The second-order valence-electron chi connectivity index (χ2n) is 3.02. The van der Waals surface area contributed by atoms with Crippen LogP contribution in [0, 0.1) is 0 Å². The SMILES string of the molecule is C/C=C/COc1ccc(OC(F)(F)F)c(Br)c1. The van der Waals surface area contributed by atoms with Gasteiger partial charge in [-0.3, -0.25) is 0 Å². The number of rotatable bonds is 4. The van der Waals surface area contributed by atoms with Gasteiger partial charge in [0.25, 0.3) is 0 Å². The van der Waals surface area contributed by atoms with Gasteiger partial charge in [0.1, 0.15) is 18.1 Å². The number of halogens is 4. The van der Waals surface area contributed by atoms with Crippen LogP contribution in [0.25, 0.3) is 0 Å². The highest BCUT2D eigenvalue weighted by Crippen LogP contribution is 2.33. The maximum absolute atomic E-state index is 12.0. The summed E-state index contributed by atoms with van der Waals surface area (Å²) in [6, 6.07) is 4.03. The second kappa shape index (κ2) is 5.95. The van der Waals surface area contributed by atoms with E-state index < -0.39 is 6.36 Å². The molecule has 94 valence electrons. The molecule has 0 bridgehead atoms. The fraction of sp³-hybridized carbons (Fsp3) is 0.273. The highest BCUT2D eigenvalue weighted by atomic mass is 79.9. The van der Waals surface area contributed by atoms with Gasteiger partial charge in [-0.2, -0.15) is 0 Å². The summed E-state index contributed by atoms with van der Waals surface area (Å²) < 4.78 is 45.2. The van der Waals surface area contributed by atoms with Crippen LogP contribution in [-0.4, -0.2) is 13.0 Å². The maximum Gasteiger partial charge on any atom is 0.573 e. The summed E-state index contributed by atoms with van der Waals surface area (Å²) >= 11 is 2.99. The molecule has 2 nitrogen and oxygen atoms in total. The van der Waals surface area contributed by atoms with E-state index >= 15 is 0 Å². The molecule has 0 saturated heterocycles. The van der Waals surface area contributed by atoms with Crippen LogP contribution in [0.3, 0.4) is 0 Å². The zero-order valence-electron chi connectivity index (χ0n) is 8.92. The van der Waals surface area contributed by atoms with E-state index in [0.29, 0.717) is 12.4 Å². The zero-order valence-corrected chi connectivity index (χ0v) is 10.5. The van der Waals surface area contributed by atoms with Crippen LogP contribution in [0.15, 0.2) is 34.8 Å². The zero-order chi connectivity index (χ0) is 12.9. The molecular formula is C11H10BrF3O2. The fourth-order valence-electron chi connectivity index (χ4n) is 1.02. The van der Waals surface area contributed by atoms with Crippen LogP contribution in [-0.2, 0) is 0 Å². The molecule has 0 spiro atoms. The first-order chi connectivity index (χ1) is 7.92. The topological polar surface area (TPSA) is 18.5 Å². The molecule has 0 aromatic heterocycles. The van der Waals surface area contributed by atoms with E-state index in [4.69, 9.17) is 4.74 Å². The molecule has 0 aliphatic heterocycles. The lowest BCUT2D eigenvalue weighted by Crippen LogP contribution is -2.17. The maximum atomic E-state index is 12.0. The third-order valence-electron chi connectivity index (χ3n) is 1.71. The Kier molecular flexibility index (Phi) is 4.86. The molecule has 0 N–H and O–H groups in total. The van der Waals surface area contributed by atoms with Gasteiger partial charge in [0.05, 0.1) is 4.47 Å². The molecule has 0 fully saturated rings. The van der Waals surface area contributed by atoms with Crippen LogP contribution < -0.4 is 9.47 Å². The summed E-state index contributed by atoms with van der Waals surface area (Å²) in [5.41, 5.74) is 0. The summed E-state index contributed by atoms with van der Waals surface area (Å²) in [6.45, 7) is 2.21. The van der Waals surface area contributed by atoms with Crippen molar-refractivity contribution in [3.63, 3.8) is 0 Å². The Labute approximate surface area is 105 Å². The Balaban J connectivity index is 2.72. The van der Waals surface area contributed by atoms with E-state index in [1.807, 2.05) is 13.0 Å². The average molecular weight is 311 g/mol. The molecule has 0 aliphatic rings. The number of benzene rings is 1. The van der Waals surface area contributed by atoms with Gasteiger partial charge < -0.3 is 9.47 Å². The van der Waals surface area contributed by atoms with E-state index in [2.05, 4.69) is 20.7 Å². The van der Waals surface area contributed by atoms with Crippen molar-refractivity contribution < 1.29 is 22.6 Å². The minimum absolute atomic E-state index is 0.188. The molecule has 17 heavy (non-hydrogen) atoms. The van der Waals surface area contributed by atoms with Gasteiger partial charge in [-0.15, -0.1) is 13.2 Å². The van der Waals surface area contributed by atoms with Gasteiger partial charge in [0.15, 0.2) is 0 Å². The van der Waals surface area contributed by atoms with Crippen molar-refractivity contribution in [3.05, 3.63) is 34.8 Å².